The number of likely N-dealkylation sites (N-methyl/N-ethyl adjacent to an activating group) is 1. The maximum absolute atomic E-state index is 13.9. The van der Waals surface area contributed by atoms with E-state index in [1.807, 2.05) is 83.1 Å². The summed E-state index contributed by atoms with van der Waals surface area (Å²) in [6.07, 6.45) is 3.05. The van der Waals surface area contributed by atoms with E-state index in [-0.39, 0.29) is 5.56 Å². The molecule has 3 aromatic rings. The molecule has 0 saturated carbocycles. The molecule has 4 rings (SSSR count). The molecule has 8 nitrogen and oxygen atoms in total. The van der Waals surface area contributed by atoms with Crippen LogP contribution in [0.1, 0.15) is 68.7 Å². The predicted octanol–water partition coefficient (Wildman–Crippen LogP) is 5.90. The van der Waals surface area contributed by atoms with E-state index in [2.05, 4.69) is 22.7 Å². The zero-order chi connectivity index (χ0) is 32.0. The first-order chi connectivity index (χ1) is 21.0. The van der Waals surface area contributed by atoms with Crippen LogP contribution >= 0.6 is 12.2 Å². The van der Waals surface area contributed by atoms with Gasteiger partial charge in [-0.25, -0.2) is 4.98 Å². The van der Waals surface area contributed by atoms with E-state index in [1.54, 1.807) is 4.57 Å². The fourth-order valence-corrected chi connectivity index (χ4v) is 6.18. The maximum atomic E-state index is 13.9. The van der Waals surface area contributed by atoms with Crippen molar-refractivity contribution in [3.05, 3.63) is 92.3 Å². The highest BCUT2D eigenvalue weighted by atomic mass is 32.2. The molecule has 0 amide bonds. The summed E-state index contributed by atoms with van der Waals surface area (Å²) in [7, 11) is 3.79. The molecule has 234 valence electrons. The molecular weight excluding hydrogens is 591 g/mol. The van der Waals surface area contributed by atoms with Crippen molar-refractivity contribution < 1.29 is 9.29 Å². The lowest BCUT2D eigenvalue weighted by molar-refractivity contribution is 0.134. The monoisotopic (exact) mass is 633 g/mol. The Hall–Kier alpha value is -3.31. The summed E-state index contributed by atoms with van der Waals surface area (Å²) < 4.78 is 25.6. The molecule has 0 fully saturated rings. The van der Waals surface area contributed by atoms with Gasteiger partial charge < -0.3 is 19.5 Å². The number of allylic oxidation sites excluding steroid dienone is 1. The number of ether oxygens (including phenoxy) is 1. The van der Waals surface area contributed by atoms with Crippen LogP contribution in [0.25, 0.3) is 11.1 Å². The molecule has 1 aliphatic heterocycles. The Kier molecular flexibility index (Phi) is 11.5. The van der Waals surface area contributed by atoms with E-state index in [0.29, 0.717) is 47.5 Å². The van der Waals surface area contributed by atoms with Crippen molar-refractivity contribution in [1.82, 2.24) is 19.8 Å². The van der Waals surface area contributed by atoms with Crippen molar-refractivity contribution in [2.45, 2.75) is 78.3 Å². The molecule has 1 N–H and O–H groups in total. The van der Waals surface area contributed by atoms with E-state index in [4.69, 9.17) is 21.9 Å². The van der Waals surface area contributed by atoms with E-state index >= 15 is 0 Å². The normalized spacial score (nSPS) is 14.4. The number of unbranched alkanes of at least 4 members (excludes halogenated alkanes) is 1. The van der Waals surface area contributed by atoms with E-state index in [1.165, 1.54) is 0 Å². The van der Waals surface area contributed by atoms with Crippen LogP contribution in [-0.2, 0) is 42.1 Å². The number of thiocarbonyl (C=S) groups is 1. The first-order valence-electron chi connectivity index (χ1n) is 15.1. The zero-order valence-electron chi connectivity index (χ0n) is 26.8. The van der Waals surface area contributed by atoms with Crippen molar-refractivity contribution in [2.75, 3.05) is 20.7 Å². The predicted molar refractivity (Wildman–Crippen MR) is 183 cm³/mol. The van der Waals surface area contributed by atoms with Gasteiger partial charge in [-0.05, 0) is 67.3 Å². The van der Waals surface area contributed by atoms with Gasteiger partial charge >= 0.3 is 0 Å². The van der Waals surface area contributed by atoms with Crippen molar-refractivity contribution in [3.8, 4) is 11.1 Å². The van der Waals surface area contributed by atoms with Crippen LogP contribution in [0.15, 0.2) is 67.8 Å². The molecular formula is C34H43N5O3S2. The average Bonchev–Trinajstić information content (AvgIpc) is 3.02. The second-order valence-corrected chi connectivity index (χ2v) is 12.8. The van der Waals surface area contributed by atoms with Gasteiger partial charge in [0.25, 0.3) is 5.56 Å². The number of hydrogen-bond acceptors (Lipinski definition) is 6. The van der Waals surface area contributed by atoms with Gasteiger partial charge in [0.2, 0.25) is 0 Å². The summed E-state index contributed by atoms with van der Waals surface area (Å²) in [5.41, 5.74) is 7.05. The molecule has 0 aliphatic carbocycles. The molecule has 0 saturated heterocycles. The summed E-state index contributed by atoms with van der Waals surface area (Å²) in [4.78, 5) is 22.0. The lowest BCUT2D eigenvalue weighted by Crippen LogP contribution is -2.35. The maximum Gasteiger partial charge on any atom is 0.257 e. The van der Waals surface area contributed by atoms with Gasteiger partial charge in [-0.1, -0.05) is 55.9 Å². The fourth-order valence-electron chi connectivity index (χ4n) is 5.03. The topological polar surface area (TPSA) is 94.8 Å². The van der Waals surface area contributed by atoms with E-state index in [9.17, 15) is 9.35 Å². The van der Waals surface area contributed by atoms with E-state index < -0.39 is 11.4 Å². The number of aromatic nitrogens is 2. The number of hydrogen-bond donors (Lipinski definition) is 1. The van der Waals surface area contributed by atoms with Crippen LogP contribution in [0.4, 0.5) is 0 Å². The number of aryl methyl sites for hydroxylation is 2. The number of nitrogens with one attached hydrogen (secondary N) is 1. The second-order valence-electron chi connectivity index (χ2n) is 11.2. The minimum Gasteiger partial charge on any atom is -0.586 e. The molecule has 0 bridgehead atoms. The summed E-state index contributed by atoms with van der Waals surface area (Å²) in [5.74, 6) is 1.44. The standard InChI is InChI=1S/C34H43N5O3S2/c1-8-10-15-31-35-24(5)29(19-32(43)38(6)7)34(40)39(31)20-25-16-17-27(26(18-25)21-42-9-2)28-13-11-12-14-30(28)44(41)37-33-22(3)23(4)36-33/h11-14,16-18H,8-10,15,19-21H2,1-7H3,(H,36,37). The second kappa shape index (κ2) is 15.1. The van der Waals surface area contributed by atoms with Crippen LogP contribution in [0.5, 0.6) is 0 Å². The van der Waals surface area contributed by atoms with Crippen LogP contribution in [0, 0.1) is 6.92 Å². The lowest BCUT2D eigenvalue weighted by atomic mass is 9.97. The summed E-state index contributed by atoms with van der Waals surface area (Å²) in [6.45, 7) is 11.2. The Balaban J connectivity index is 1.76. The molecule has 2 heterocycles. The van der Waals surface area contributed by atoms with Gasteiger partial charge in [-0.2, -0.15) is 0 Å². The molecule has 0 radical (unpaired) electrons. The average molecular weight is 634 g/mol. The third-order valence-corrected chi connectivity index (χ3v) is 9.45. The lowest BCUT2D eigenvalue weighted by Gasteiger charge is -2.22. The summed E-state index contributed by atoms with van der Waals surface area (Å²) in [6, 6.07) is 13.8. The van der Waals surface area contributed by atoms with Gasteiger partial charge in [-0.3, -0.25) is 9.36 Å². The van der Waals surface area contributed by atoms with Crippen LogP contribution in [0.3, 0.4) is 0 Å². The highest BCUT2D eigenvalue weighted by molar-refractivity contribution is 7.90. The molecule has 1 unspecified atom stereocenters. The Morgan fingerprint density at radius 2 is 1.89 bits per heavy atom. The minimum atomic E-state index is -1.60. The molecule has 2 aromatic carbocycles. The number of nitrogens with zero attached hydrogens (tertiary/aromatic N) is 4. The van der Waals surface area contributed by atoms with Crippen molar-refractivity contribution in [2.24, 2.45) is 4.40 Å². The fraction of sp³-hybridized carbons (Fsp3) is 0.412. The Morgan fingerprint density at radius 3 is 2.55 bits per heavy atom. The van der Waals surface area contributed by atoms with Crippen LogP contribution < -0.4 is 10.9 Å². The highest BCUT2D eigenvalue weighted by Gasteiger charge is 2.25. The smallest absolute Gasteiger partial charge is 0.257 e. The Labute approximate surface area is 269 Å². The molecule has 44 heavy (non-hydrogen) atoms. The number of rotatable bonds is 13. The molecule has 10 heteroatoms. The number of benzene rings is 2. The third kappa shape index (κ3) is 7.66. The third-order valence-electron chi connectivity index (χ3n) is 7.86. The minimum absolute atomic E-state index is 0.0488. The molecule has 1 atom stereocenters. The highest BCUT2D eigenvalue weighted by Crippen LogP contribution is 2.33. The van der Waals surface area contributed by atoms with Gasteiger partial charge in [0.1, 0.15) is 17.2 Å². The first kappa shape index (κ1) is 33.6. The summed E-state index contributed by atoms with van der Waals surface area (Å²) >= 11 is 3.95. The molecule has 0 spiro atoms. The van der Waals surface area contributed by atoms with Crippen LogP contribution in [0.2, 0.25) is 0 Å². The van der Waals surface area contributed by atoms with Crippen molar-refractivity contribution >= 4 is 34.4 Å². The molecule has 1 aromatic heterocycles. The Bertz CT molecular complexity index is 1640. The zero-order valence-corrected chi connectivity index (χ0v) is 28.5. The van der Waals surface area contributed by atoms with Gasteiger partial charge in [0, 0.05) is 61.6 Å². The van der Waals surface area contributed by atoms with Crippen molar-refractivity contribution in [1.29, 1.82) is 0 Å². The largest absolute Gasteiger partial charge is 0.586 e. The number of amidine groups is 1. The first-order valence-corrected chi connectivity index (χ1v) is 16.6. The SMILES string of the molecule is CCCCc1nc(C)c(CC(=S)N(C)C)c(=O)n1Cc1ccc(-c2ccccc2[S+]([O-])N=C2NC(C)=C2C)c(COCC)c1. The summed E-state index contributed by atoms with van der Waals surface area (Å²) in [5, 5.41) is 3.14. The Morgan fingerprint density at radius 1 is 1.14 bits per heavy atom. The van der Waals surface area contributed by atoms with Crippen molar-refractivity contribution in [3.63, 3.8) is 0 Å². The van der Waals surface area contributed by atoms with Gasteiger partial charge in [0.15, 0.2) is 10.7 Å². The van der Waals surface area contributed by atoms with Crippen LogP contribution in [-0.4, -0.2) is 50.5 Å². The molecule has 1 aliphatic rings. The van der Waals surface area contributed by atoms with E-state index in [0.717, 1.165) is 64.3 Å². The van der Waals surface area contributed by atoms with Gasteiger partial charge in [0.05, 0.1) is 18.1 Å². The van der Waals surface area contributed by atoms with Gasteiger partial charge in [-0.15, -0.1) is 0 Å². The quantitative estimate of drug-likeness (QED) is 0.185.